The van der Waals surface area contributed by atoms with Gasteiger partial charge in [-0.05, 0) is 161 Å². The van der Waals surface area contributed by atoms with Crippen molar-refractivity contribution in [1.29, 1.82) is 0 Å². The second-order valence-electron chi connectivity index (χ2n) is 16.3. The highest BCUT2D eigenvalue weighted by molar-refractivity contribution is 5.75. The Balaban J connectivity index is 0.000000223. The van der Waals surface area contributed by atoms with Crippen molar-refractivity contribution in [3.05, 3.63) is 48.5 Å². The summed E-state index contributed by atoms with van der Waals surface area (Å²) >= 11 is 0. The van der Waals surface area contributed by atoms with Crippen LogP contribution in [0.25, 0.3) is 0 Å². The molecule has 4 aliphatic carbocycles. The predicted molar refractivity (Wildman–Crippen MR) is 204 cm³/mol. The lowest BCUT2D eigenvalue weighted by Crippen LogP contribution is -2.24. The average Bonchev–Trinajstić information content (AvgIpc) is 3.17. The standard InChI is InChI=1S/C22H32O4.C21H32O3.CH2O/c1-16-3-7-18(8-4-16)15-24-26-21-13-11-20(12-14-21)25-22(23)19-9-5-17(2)6-10-19;1-16-3-7-18(8-4-16)15-22-24-21-13-11-20(12-14-21)23-19-9-5-17(2)6-10-19;1-2/h11-14,16-19H,3-10,15H2,1-2H3;11-14,16-19H,3-10,15H2,1-2H3;1H2. The molecule has 2 aromatic carbocycles. The van der Waals surface area contributed by atoms with E-state index in [4.69, 9.17) is 33.8 Å². The molecule has 4 aliphatic rings. The number of benzene rings is 2. The van der Waals surface area contributed by atoms with E-state index in [1.54, 1.807) is 24.3 Å². The molecular weight excluding hydrogens is 656 g/mol. The number of rotatable bonds is 12. The highest BCUT2D eigenvalue weighted by Crippen LogP contribution is 2.32. The Hall–Kier alpha value is -3.10. The molecule has 0 radical (unpaired) electrons. The molecule has 0 saturated heterocycles. The van der Waals surface area contributed by atoms with Crippen LogP contribution >= 0.6 is 0 Å². The normalized spacial score (nSPS) is 28.8. The third-order valence-electron chi connectivity index (χ3n) is 11.7. The van der Waals surface area contributed by atoms with Crippen LogP contribution < -0.4 is 19.2 Å². The van der Waals surface area contributed by atoms with Gasteiger partial charge in [0.05, 0.1) is 25.2 Å². The van der Waals surface area contributed by atoms with Gasteiger partial charge in [-0.3, -0.25) is 4.79 Å². The minimum absolute atomic E-state index is 0.0451. The maximum atomic E-state index is 12.3. The summed E-state index contributed by atoms with van der Waals surface area (Å²) < 4.78 is 11.6. The van der Waals surface area contributed by atoms with E-state index in [1.165, 1.54) is 77.0 Å². The van der Waals surface area contributed by atoms with Crippen molar-refractivity contribution >= 4 is 12.8 Å². The molecule has 2 aromatic rings. The van der Waals surface area contributed by atoms with Crippen molar-refractivity contribution in [2.24, 2.45) is 41.4 Å². The second kappa shape index (κ2) is 22.9. The molecule has 0 aliphatic heterocycles. The molecular formula is C44H66O8. The van der Waals surface area contributed by atoms with Crippen LogP contribution in [-0.2, 0) is 19.4 Å². The van der Waals surface area contributed by atoms with Crippen molar-refractivity contribution in [1.82, 2.24) is 0 Å². The fourth-order valence-corrected chi connectivity index (χ4v) is 7.76. The van der Waals surface area contributed by atoms with E-state index in [2.05, 4.69) is 27.7 Å². The summed E-state index contributed by atoms with van der Waals surface area (Å²) in [5.41, 5.74) is 0. The summed E-state index contributed by atoms with van der Waals surface area (Å²) in [4.78, 5) is 41.9. The highest BCUT2D eigenvalue weighted by Gasteiger charge is 2.26. The molecule has 8 heteroatoms. The fourth-order valence-electron chi connectivity index (χ4n) is 7.76. The van der Waals surface area contributed by atoms with Gasteiger partial charge in [0.15, 0.2) is 11.5 Å². The number of carbonyl (C=O) groups is 2. The zero-order valence-electron chi connectivity index (χ0n) is 32.4. The van der Waals surface area contributed by atoms with Gasteiger partial charge in [-0.25, -0.2) is 0 Å². The van der Waals surface area contributed by atoms with Gasteiger partial charge in [-0.1, -0.05) is 53.4 Å². The van der Waals surface area contributed by atoms with Crippen molar-refractivity contribution in [3.63, 3.8) is 0 Å². The van der Waals surface area contributed by atoms with E-state index in [0.29, 0.717) is 42.7 Å². The minimum atomic E-state index is -0.103. The Morgan fingerprint density at radius 3 is 1.27 bits per heavy atom. The van der Waals surface area contributed by atoms with Crippen LogP contribution in [0.4, 0.5) is 0 Å². The van der Waals surface area contributed by atoms with Gasteiger partial charge in [-0.2, -0.15) is 9.78 Å². The molecule has 0 atom stereocenters. The summed E-state index contributed by atoms with van der Waals surface area (Å²) in [7, 11) is 0. The van der Waals surface area contributed by atoms with Crippen molar-refractivity contribution < 1.29 is 38.6 Å². The minimum Gasteiger partial charge on any atom is -0.490 e. The van der Waals surface area contributed by atoms with E-state index in [0.717, 1.165) is 60.9 Å². The number of hydrogen-bond acceptors (Lipinski definition) is 8. The Morgan fingerprint density at radius 1 is 0.500 bits per heavy atom. The zero-order valence-corrected chi connectivity index (χ0v) is 32.4. The van der Waals surface area contributed by atoms with Gasteiger partial charge < -0.3 is 24.0 Å². The first-order valence-electron chi connectivity index (χ1n) is 20.2. The van der Waals surface area contributed by atoms with Crippen LogP contribution in [0.15, 0.2) is 48.5 Å². The summed E-state index contributed by atoms with van der Waals surface area (Å²) in [5, 5.41) is 0. The monoisotopic (exact) mass is 722 g/mol. The summed E-state index contributed by atoms with van der Waals surface area (Å²) in [6, 6.07) is 14.9. The lowest BCUT2D eigenvalue weighted by Gasteiger charge is -2.27. The van der Waals surface area contributed by atoms with E-state index in [1.807, 2.05) is 31.1 Å². The highest BCUT2D eigenvalue weighted by atomic mass is 17.2. The van der Waals surface area contributed by atoms with Crippen molar-refractivity contribution in [2.75, 3.05) is 13.2 Å². The SMILES string of the molecule is C=O.CC1CCC(COOc2ccc(OC(=O)C3CCC(C)CC3)cc2)CC1.CC1CCC(COOc2ccc(OC3CCC(C)CC3)cc2)CC1. The lowest BCUT2D eigenvalue weighted by molar-refractivity contribution is -0.218. The van der Waals surface area contributed by atoms with Gasteiger partial charge in [0.25, 0.3) is 0 Å². The van der Waals surface area contributed by atoms with E-state index < -0.39 is 0 Å². The molecule has 290 valence electrons. The van der Waals surface area contributed by atoms with Gasteiger partial charge >= 0.3 is 5.97 Å². The Morgan fingerprint density at radius 2 is 0.846 bits per heavy atom. The Kier molecular flexibility index (Phi) is 18.3. The molecule has 8 nitrogen and oxygen atoms in total. The maximum absolute atomic E-state index is 12.3. The van der Waals surface area contributed by atoms with Gasteiger partial charge in [0.1, 0.15) is 18.3 Å². The summed E-state index contributed by atoms with van der Waals surface area (Å²) in [5.74, 6) is 7.40. The van der Waals surface area contributed by atoms with Crippen molar-refractivity contribution in [3.8, 4) is 23.0 Å². The van der Waals surface area contributed by atoms with Gasteiger partial charge in [-0.15, -0.1) is 0 Å². The van der Waals surface area contributed by atoms with Crippen LogP contribution in [0.2, 0.25) is 0 Å². The number of ether oxygens (including phenoxy) is 2. The molecule has 0 heterocycles. The molecule has 0 unspecified atom stereocenters. The van der Waals surface area contributed by atoms with E-state index in [-0.39, 0.29) is 11.9 Å². The van der Waals surface area contributed by atoms with Crippen LogP contribution in [0.1, 0.15) is 130 Å². The fraction of sp³-hybridized carbons (Fsp3) is 0.682. The first-order valence-corrected chi connectivity index (χ1v) is 20.2. The molecule has 4 fully saturated rings. The number of hydrogen-bond donors (Lipinski definition) is 0. The van der Waals surface area contributed by atoms with Crippen LogP contribution in [0.3, 0.4) is 0 Å². The molecule has 6 rings (SSSR count). The molecule has 0 bridgehead atoms. The van der Waals surface area contributed by atoms with Gasteiger partial charge in [0.2, 0.25) is 0 Å². The zero-order chi connectivity index (χ0) is 37.1. The molecule has 0 N–H and O–H groups in total. The van der Waals surface area contributed by atoms with Crippen LogP contribution in [-0.4, -0.2) is 32.1 Å². The van der Waals surface area contributed by atoms with Gasteiger partial charge in [0, 0.05) is 0 Å². The quantitative estimate of drug-likeness (QED) is 0.0926. The molecule has 0 spiro atoms. The third-order valence-corrected chi connectivity index (χ3v) is 11.7. The number of carbonyl (C=O) groups excluding carboxylic acids is 2. The molecule has 4 saturated carbocycles. The molecule has 0 aromatic heterocycles. The van der Waals surface area contributed by atoms with E-state index in [9.17, 15) is 4.79 Å². The number of esters is 1. The summed E-state index contributed by atoms with van der Waals surface area (Å²) in [6.45, 7) is 12.6. The van der Waals surface area contributed by atoms with Crippen LogP contribution in [0, 0.1) is 41.4 Å². The maximum Gasteiger partial charge on any atom is 0.314 e. The third kappa shape index (κ3) is 15.1. The smallest absolute Gasteiger partial charge is 0.314 e. The van der Waals surface area contributed by atoms with Crippen molar-refractivity contribution in [2.45, 2.75) is 137 Å². The lowest BCUT2D eigenvalue weighted by atomic mass is 9.83. The second-order valence-corrected chi connectivity index (χ2v) is 16.3. The van der Waals surface area contributed by atoms with Crippen LogP contribution in [0.5, 0.6) is 23.0 Å². The largest absolute Gasteiger partial charge is 0.490 e. The Bertz CT molecular complexity index is 1230. The van der Waals surface area contributed by atoms with E-state index >= 15 is 0 Å². The Labute approximate surface area is 313 Å². The molecule has 52 heavy (non-hydrogen) atoms. The average molecular weight is 723 g/mol. The summed E-state index contributed by atoms with van der Waals surface area (Å²) in [6.07, 6.45) is 19.6. The molecule has 0 amide bonds. The first kappa shape index (κ1) is 41.7. The topological polar surface area (TPSA) is 89.5 Å². The first-order chi connectivity index (χ1) is 25.3. The predicted octanol–water partition coefficient (Wildman–Crippen LogP) is 11.2.